The second-order valence-electron chi connectivity index (χ2n) is 1.79. The molecule has 0 aliphatic rings. The van der Waals surface area contributed by atoms with Crippen LogP contribution in [0.2, 0.25) is 0 Å². The number of rotatable bonds is 0. The molecule has 0 bridgehead atoms. The zero-order valence-electron chi connectivity index (χ0n) is 9.48. The Labute approximate surface area is 96.0 Å². The molecule has 0 saturated heterocycles. The molecule has 0 fully saturated rings. The summed E-state index contributed by atoms with van der Waals surface area (Å²) in [5.74, 6) is -2.50. The van der Waals surface area contributed by atoms with Gasteiger partial charge in [0.25, 0.3) is 23.0 Å². The molecule has 0 saturated carbocycles. The van der Waals surface area contributed by atoms with Crippen LogP contribution in [0.4, 0.5) is 0 Å². The highest BCUT2D eigenvalue weighted by Gasteiger charge is 1.66. The number of hydrogen-bond acceptors (Lipinski definition) is 6. The quantitative estimate of drug-likeness (QED) is 0.292. The SMILES string of the molecule is CC(=O)O.CC(=O)O.CC(=O)O.N.O=[N+]([O-])O. The maximum absolute atomic E-state index is 9.00. The van der Waals surface area contributed by atoms with E-state index in [1.165, 1.54) is 0 Å². The van der Waals surface area contributed by atoms with Gasteiger partial charge in [0.1, 0.15) is 0 Å². The summed E-state index contributed by atoms with van der Waals surface area (Å²) in [6.07, 6.45) is 0. The van der Waals surface area contributed by atoms with Gasteiger partial charge in [0, 0.05) is 20.8 Å². The third kappa shape index (κ3) is 308. The lowest BCUT2D eigenvalue weighted by atomic mass is 10.9. The average Bonchev–Trinajstić information content (AvgIpc) is 1.76. The van der Waals surface area contributed by atoms with Crippen LogP contribution in [0.15, 0.2) is 0 Å². The summed E-state index contributed by atoms with van der Waals surface area (Å²) in [5.41, 5.74) is 0. The van der Waals surface area contributed by atoms with Crippen LogP contribution in [-0.4, -0.2) is 43.5 Å². The van der Waals surface area contributed by atoms with E-state index in [1.54, 1.807) is 0 Å². The Morgan fingerprint density at radius 1 is 0.882 bits per heavy atom. The van der Waals surface area contributed by atoms with Gasteiger partial charge in [-0.2, -0.15) is 0 Å². The van der Waals surface area contributed by atoms with Crippen molar-refractivity contribution >= 4 is 17.9 Å². The largest absolute Gasteiger partial charge is 0.481 e. The minimum atomic E-state index is -1.50. The van der Waals surface area contributed by atoms with Gasteiger partial charge in [0.2, 0.25) is 0 Å². The molecule has 0 heterocycles. The van der Waals surface area contributed by atoms with Crippen molar-refractivity contribution in [2.24, 2.45) is 0 Å². The van der Waals surface area contributed by atoms with Crippen molar-refractivity contribution in [3.05, 3.63) is 10.1 Å². The minimum absolute atomic E-state index is 0. The zero-order chi connectivity index (χ0) is 14.3. The highest BCUT2D eigenvalue weighted by atomic mass is 16.9. The van der Waals surface area contributed by atoms with Crippen molar-refractivity contribution in [2.45, 2.75) is 20.8 Å². The highest BCUT2D eigenvalue weighted by molar-refractivity contribution is 5.63. The van der Waals surface area contributed by atoms with Crippen LogP contribution >= 0.6 is 0 Å². The molecule has 0 aliphatic heterocycles. The number of carboxylic acid groups (broad SMARTS) is 3. The summed E-state index contributed by atoms with van der Waals surface area (Å²) in [4.78, 5) is 35.4. The fourth-order valence-electron chi connectivity index (χ4n) is 0. The first-order chi connectivity index (χ1) is 6.93. The topological polar surface area (TPSA) is 210 Å². The van der Waals surface area contributed by atoms with Crippen molar-refractivity contribution in [3.8, 4) is 0 Å². The van der Waals surface area contributed by atoms with Crippen LogP contribution in [0.3, 0.4) is 0 Å². The van der Waals surface area contributed by atoms with E-state index in [9.17, 15) is 0 Å². The van der Waals surface area contributed by atoms with E-state index >= 15 is 0 Å². The standard InChI is InChI=1S/3C2H4O2.HNO3.H3N/c3*1-2(3)4;2-1(3)4;/h3*1H3,(H,3,4);(H,2,3,4);1H3. The summed E-state index contributed by atoms with van der Waals surface area (Å²) in [6, 6.07) is 0. The predicted octanol–water partition coefficient (Wildman–Crippen LogP) is 0.0870. The second kappa shape index (κ2) is 23.4. The molecule has 0 unspecified atom stereocenters. The fourth-order valence-corrected chi connectivity index (χ4v) is 0. The fraction of sp³-hybridized carbons (Fsp3) is 0.500. The van der Waals surface area contributed by atoms with Gasteiger partial charge in [0.15, 0.2) is 0 Å². The van der Waals surface area contributed by atoms with E-state index in [4.69, 9.17) is 45.0 Å². The predicted molar refractivity (Wildman–Crippen MR) is 53.7 cm³/mol. The summed E-state index contributed by atoms with van der Waals surface area (Å²) >= 11 is 0. The number of nitrogens with zero attached hydrogens (tertiary/aromatic N) is 1. The molecule has 17 heavy (non-hydrogen) atoms. The maximum atomic E-state index is 9.00. The molecule has 0 aromatic heterocycles. The Morgan fingerprint density at radius 3 is 0.882 bits per heavy atom. The van der Waals surface area contributed by atoms with Crippen LogP contribution in [-0.2, 0) is 14.4 Å². The van der Waals surface area contributed by atoms with Crippen LogP contribution < -0.4 is 6.15 Å². The van der Waals surface area contributed by atoms with Gasteiger partial charge in [0.05, 0.1) is 0 Å². The zero-order valence-corrected chi connectivity index (χ0v) is 9.48. The number of hydrogen-bond donors (Lipinski definition) is 5. The number of carboxylic acids is 3. The van der Waals surface area contributed by atoms with E-state index in [1.807, 2.05) is 0 Å². The molecule has 0 amide bonds. The molecule has 104 valence electrons. The number of aliphatic carboxylic acids is 3. The van der Waals surface area contributed by atoms with E-state index in [2.05, 4.69) is 0 Å². The van der Waals surface area contributed by atoms with E-state index in [-0.39, 0.29) is 6.15 Å². The molecule has 0 aromatic rings. The van der Waals surface area contributed by atoms with Crippen LogP contribution in [0.5, 0.6) is 0 Å². The Balaban J connectivity index is -0.0000000369. The van der Waals surface area contributed by atoms with Crippen molar-refractivity contribution in [2.75, 3.05) is 0 Å². The van der Waals surface area contributed by atoms with Gasteiger partial charge < -0.3 is 26.7 Å². The molecule has 0 aromatic carbocycles. The monoisotopic (exact) mass is 260 g/mol. The lowest BCUT2D eigenvalue weighted by Crippen LogP contribution is -1.81. The Kier molecular flexibility index (Phi) is 40.3. The Hall–Kier alpha value is -2.43. The molecule has 11 heteroatoms. The molecule has 0 rings (SSSR count). The van der Waals surface area contributed by atoms with Crippen molar-refractivity contribution in [1.29, 1.82) is 0 Å². The third-order valence-electron chi connectivity index (χ3n) is 0. The van der Waals surface area contributed by atoms with E-state index < -0.39 is 23.0 Å². The third-order valence-corrected chi connectivity index (χ3v) is 0. The first-order valence-corrected chi connectivity index (χ1v) is 3.35. The summed E-state index contributed by atoms with van der Waals surface area (Å²) < 4.78 is 0. The molecule has 0 atom stereocenters. The molecule has 0 aliphatic carbocycles. The normalized spacial score (nSPS) is 5.82. The molecular formula is C6H16N2O9. The Bertz CT molecular complexity index is 164. The molecule has 0 spiro atoms. The van der Waals surface area contributed by atoms with Crippen LogP contribution in [0, 0.1) is 10.1 Å². The summed E-state index contributed by atoms with van der Waals surface area (Å²) in [5, 5.41) is 35.9. The highest BCUT2D eigenvalue weighted by Crippen LogP contribution is 1.42. The van der Waals surface area contributed by atoms with Crippen molar-refractivity contribution in [3.63, 3.8) is 0 Å². The number of carbonyl (C=O) groups is 3. The van der Waals surface area contributed by atoms with Crippen LogP contribution in [0.25, 0.3) is 0 Å². The summed E-state index contributed by atoms with van der Waals surface area (Å²) in [6.45, 7) is 3.25. The maximum Gasteiger partial charge on any atom is 0.300 e. The molecule has 11 nitrogen and oxygen atoms in total. The van der Waals surface area contributed by atoms with Crippen molar-refractivity contribution in [1.82, 2.24) is 6.15 Å². The minimum Gasteiger partial charge on any atom is -0.481 e. The van der Waals surface area contributed by atoms with Gasteiger partial charge in [-0.05, 0) is 0 Å². The molecule has 7 N–H and O–H groups in total. The van der Waals surface area contributed by atoms with E-state index in [0.717, 1.165) is 20.8 Å². The van der Waals surface area contributed by atoms with Gasteiger partial charge in [-0.25, -0.2) is 0 Å². The van der Waals surface area contributed by atoms with Gasteiger partial charge in [-0.1, -0.05) is 0 Å². The lowest BCUT2D eigenvalue weighted by molar-refractivity contribution is -0.742. The molecular weight excluding hydrogens is 244 g/mol. The Morgan fingerprint density at radius 2 is 0.882 bits per heavy atom. The van der Waals surface area contributed by atoms with Gasteiger partial charge in [-0.15, -0.1) is 10.1 Å². The molecule has 0 radical (unpaired) electrons. The first kappa shape index (κ1) is 29.3. The van der Waals surface area contributed by atoms with E-state index in [0.29, 0.717) is 0 Å². The second-order valence-corrected chi connectivity index (χ2v) is 1.79. The van der Waals surface area contributed by atoms with Gasteiger partial charge >= 0.3 is 0 Å². The summed E-state index contributed by atoms with van der Waals surface area (Å²) in [7, 11) is 0. The van der Waals surface area contributed by atoms with Gasteiger partial charge in [-0.3, -0.25) is 14.4 Å². The van der Waals surface area contributed by atoms with Crippen LogP contribution in [0.1, 0.15) is 20.8 Å². The smallest absolute Gasteiger partial charge is 0.300 e. The lowest BCUT2D eigenvalue weighted by Gasteiger charge is -1.59. The van der Waals surface area contributed by atoms with Crippen molar-refractivity contribution < 1.29 is 40.0 Å². The average molecular weight is 260 g/mol. The first-order valence-electron chi connectivity index (χ1n) is 3.35.